The van der Waals surface area contributed by atoms with Crippen LogP contribution in [-0.2, 0) is 5.60 Å². The molecule has 2 atom stereocenters. The molecule has 19 heavy (non-hydrogen) atoms. The molecule has 1 heterocycles. The fourth-order valence-corrected chi connectivity index (χ4v) is 2.48. The maximum absolute atomic E-state index is 12.6. The molecule has 0 bridgehead atoms. The van der Waals surface area contributed by atoms with E-state index >= 15 is 0 Å². The third kappa shape index (κ3) is 1.66. The number of Topliss-reactive ketones (excluding diaryl/α,β-unsaturated/α-hetero) is 1. The van der Waals surface area contributed by atoms with Gasteiger partial charge in [-0.3, -0.25) is 4.79 Å². The lowest BCUT2D eigenvalue weighted by Gasteiger charge is -2.37. The van der Waals surface area contributed by atoms with Crippen LogP contribution in [0.2, 0.25) is 0 Å². The summed E-state index contributed by atoms with van der Waals surface area (Å²) in [6, 6.07) is 15.9. The van der Waals surface area contributed by atoms with E-state index < -0.39 is 11.7 Å². The van der Waals surface area contributed by atoms with Gasteiger partial charge in [-0.05, 0) is 24.6 Å². The first-order valence-corrected chi connectivity index (χ1v) is 6.22. The molecule has 2 aromatic carbocycles. The zero-order valence-corrected chi connectivity index (χ0v) is 10.5. The van der Waals surface area contributed by atoms with Gasteiger partial charge in [-0.2, -0.15) is 0 Å². The molecule has 3 rings (SSSR count). The normalized spacial score (nSPS) is 25.6. The van der Waals surface area contributed by atoms with Gasteiger partial charge in [0.1, 0.15) is 11.9 Å². The van der Waals surface area contributed by atoms with Crippen LogP contribution in [0.1, 0.15) is 22.8 Å². The summed E-state index contributed by atoms with van der Waals surface area (Å²) in [7, 11) is 0. The number of hydrogen-bond acceptors (Lipinski definition) is 3. The summed E-state index contributed by atoms with van der Waals surface area (Å²) in [5, 5.41) is 10.9. The Balaban J connectivity index is 2.16. The molecule has 0 saturated heterocycles. The predicted molar refractivity (Wildman–Crippen MR) is 71.2 cm³/mol. The van der Waals surface area contributed by atoms with Crippen molar-refractivity contribution in [2.75, 3.05) is 0 Å². The van der Waals surface area contributed by atoms with Gasteiger partial charge in [0.15, 0.2) is 5.60 Å². The fraction of sp³-hybridized carbons (Fsp3) is 0.188. The second kappa shape index (κ2) is 4.21. The Kier molecular flexibility index (Phi) is 2.64. The lowest BCUT2D eigenvalue weighted by molar-refractivity contribution is -0.0439. The molecular weight excluding hydrogens is 240 g/mol. The standard InChI is InChI=1S/C16H14O3/c1-11-16(18,12-7-3-2-4-8-12)15(17)13-9-5-6-10-14(13)19-11/h2-11,18H,1H3/t11-,16-/m1/s1. The van der Waals surface area contributed by atoms with Crippen LogP contribution in [0, 0.1) is 0 Å². The van der Waals surface area contributed by atoms with Crippen molar-refractivity contribution in [1.29, 1.82) is 0 Å². The molecule has 0 saturated carbocycles. The lowest BCUT2D eigenvalue weighted by atomic mass is 9.80. The highest BCUT2D eigenvalue weighted by molar-refractivity contribution is 6.06. The molecular formula is C16H14O3. The second-order valence-corrected chi connectivity index (χ2v) is 4.72. The van der Waals surface area contributed by atoms with E-state index in [4.69, 9.17) is 4.74 Å². The minimum absolute atomic E-state index is 0.312. The molecule has 0 amide bonds. The van der Waals surface area contributed by atoms with Crippen molar-refractivity contribution in [1.82, 2.24) is 0 Å². The van der Waals surface area contributed by atoms with Crippen molar-refractivity contribution < 1.29 is 14.6 Å². The van der Waals surface area contributed by atoms with Gasteiger partial charge in [-0.25, -0.2) is 0 Å². The summed E-state index contributed by atoms with van der Waals surface area (Å²) < 4.78 is 5.70. The number of fused-ring (bicyclic) bond motifs is 1. The maximum atomic E-state index is 12.6. The minimum atomic E-state index is -1.63. The number of hydrogen-bond donors (Lipinski definition) is 1. The van der Waals surface area contributed by atoms with Crippen molar-refractivity contribution in [3.8, 4) is 5.75 Å². The van der Waals surface area contributed by atoms with Crippen LogP contribution in [0.25, 0.3) is 0 Å². The van der Waals surface area contributed by atoms with E-state index in [-0.39, 0.29) is 5.78 Å². The Hall–Kier alpha value is -2.13. The lowest BCUT2D eigenvalue weighted by Crippen LogP contribution is -2.51. The summed E-state index contributed by atoms with van der Waals surface area (Å²) in [6.45, 7) is 1.71. The zero-order chi connectivity index (χ0) is 13.5. The summed E-state index contributed by atoms with van der Waals surface area (Å²) in [5.41, 5.74) is -0.649. The third-order valence-corrected chi connectivity index (χ3v) is 3.58. The van der Waals surface area contributed by atoms with E-state index in [0.29, 0.717) is 16.9 Å². The van der Waals surface area contributed by atoms with Crippen molar-refractivity contribution in [2.24, 2.45) is 0 Å². The minimum Gasteiger partial charge on any atom is -0.486 e. The largest absolute Gasteiger partial charge is 0.486 e. The number of aliphatic hydroxyl groups is 1. The second-order valence-electron chi connectivity index (χ2n) is 4.72. The number of para-hydroxylation sites is 1. The maximum Gasteiger partial charge on any atom is 0.206 e. The first kappa shape index (κ1) is 11.9. The number of benzene rings is 2. The highest BCUT2D eigenvalue weighted by Crippen LogP contribution is 2.39. The number of rotatable bonds is 1. The number of ketones is 1. The molecule has 1 aliphatic heterocycles. The van der Waals surface area contributed by atoms with Crippen LogP contribution in [0.4, 0.5) is 0 Å². The summed E-state index contributed by atoms with van der Waals surface area (Å²) in [5.74, 6) is 0.216. The van der Waals surface area contributed by atoms with E-state index in [9.17, 15) is 9.90 Å². The molecule has 1 aliphatic rings. The van der Waals surface area contributed by atoms with Gasteiger partial charge in [-0.15, -0.1) is 0 Å². The van der Waals surface area contributed by atoms with Gasteiger partial charge in [0.25, 0.3) is 0 Å². The SMILES string of the molecule is C[C@H]1Oc2ccccc2C(=O)[C@]1(O)c1ccccc1. The Morgan fingerprint density at radius 3 is 2.42 bits per heavy atom. The Labute approximate surface area is 111 Å². The summed E-state index contributed by atoms with van der Waals surface area (Å²) in [4.78, 5) is 12.6. The van der Waals surface area contributed by atoms with Gasteiger partial charge in [-0.1, -0.05) is 42.5 Å². The van der Waals surface area contributed by atoms with Crippen molar-refractivity contribution in [3.63, 3.8) is 0 Å². The zero-order valence-electron chi connectivity index (χ0n) is 10.5. The van der Waals surface area contributed by atoms with Crippen LogP contribution in [0.15, 0.2) is 54.6 Å². The Morgan fingerprint density at radius 2 is 1.68 bits per heavy atom. The fourth-order valence-electron chi connectivity index (χ4n) is 2.48. The van der Waals surface area contributed by atoms with Crippen molar-refractivity contribution >= 4 is 5.78 Å². The third-order valence-electron chi connectivity index (χ3n) is 3.58. The van der Waals surface area contributed by atoms with E-state index in [1.807, 2.05) is 12.1 Å². The average molecular weight is 254 g/mol. The molecule has 0 spiro atoms. The van der Waals surface area contributed by atoms with E-state index in [1.54, 1.807) is 49.4 Å². The molecule has 0 aromatic heterocycles. The molecule has 96 valence electrons. The molecule has 1 N–H and O–H groups in total. The molecule has 0 fully saturated rings. The summed E-state index contributed by atoms with van der Waals surface area (Å²) in [6.07, 6.45) is -0.628. The summed E-state index contributed by atoms with van der Waals surface area (Å²) >= 11 is 0. The van der Waals surface area contributed by atoms with Crippen molar-refractivity contribution in [2.45, 2.75) is 18.6 Å². The quantitative estimate of drug-likeness (QED) is 0.850. The molecule has 3 nitrogen and oxygen atoms in total. The monoisotopic (exact) mass is 254 g/mol. The topological polar surface area (TPSA) is 46.5 Å². The Morgan fingerprint density at radius 1 is 1.05 bits per heavy atom. The van der Waals surface area contributed by atoms with Gasteiger partial charge in [0, 0.05) is 0 Å². The first-order valence-electron chi connectivity index (χ1n) is 6.22. The molecule has 2 aromatic rings. The molecule has 0 aliphatic carbocycles. The highest BCUT2D eigenvalue weighted by Gasteiger charge is 2.49. The van der Waals surface area contributed by atoms with Crippen LogP contribution < -0.4 is 4.74 Å². The first-order chi connectivity index (χ1) is 9.14. The van der Waals surface area contributed by atoms with Crippen LogP contribution in [0.5, 0.6) is 5.75 Å². The Bertz CT molecular complexity index is 621. The van der Waals surface area contributed by atoms with Gasteiger partial charge >= 0.3 is 0 Å². The average Bonchev–Trinajstić information content (AvgIpc) is 2.46. The highest BCUT2D eigenvalue weighted by atomic mass is 16.5. The van der Waals surface area contributed by atoms with E-state index in [2.05, 4.69) is 0 Å². The van der Waals surface area contributed by atoms with Gasteiger partial charge < -0.3 is 9.84 Å². The van der Waals surface area contributed by atoms with Gasteiger partial charge in [0.05, 0.1) is 5.56 Å². The number of carbonyl (C=O) groups excluding carboxylic acids is 1. The molecule has 3 heteroatoms. The van der Waals surface area contributed by atoms with Gasteiger partial charge in [0.2, 0.25) is 5.78 Å². The molecule has 0 radical (unpaired) electrons. The van der Waals surface area contributed by atoms with E-state index in [0.717, 1.165) is 0 Å². The van der Waals surface area contributed by atoms with Crippen molar-refractivity contribution in [3.05, 3.63) is 65.7 Å². The number of carbonyl (C=O) groups is 1. The van der Waals surface area contributed by atoms with Crippen LogP contribution in [-0.4, -0.2) is 17.0 Å². The predicted octanol–water partition coefficient (Wildman–Crippen LogP) is 2.54. The van der Waals surface area contributed by atoms with Crippen LogP contribution in [0.3, 0.4) is 0 Å². The van der Waals surface area contributed by atoms with E-state index in [1.165, 1.54) is 0 Å². The molecule has 0 unspecified atom stereocenters. The number of ether oxygens (including phenoxy) is 1. The van der Waals surface area contributed by atoms with Crippen LogP contribution >= 0.6 is 0 Å². The smallest absolute Gasteiger partial charge is 0.206 e.